The van der Waals surface area contributed by atoms with Gasteiger partial charge in [0.25, 0.3) is 0 Å². The first-order valence-electron chi connectivity index (χ1n) is 4.60. The van der Waals surface area contributed by atoms with E-state index >= 15 is 0 Å². The maximum Gasteiger partial charge on any atom is 0.328 e. The summed E-state index contributed by atoms with van der Waals surface area (Å²) in [5, 5.41) is 17.3. The summed E-state index contributed by atoms with van der Waals surface area (Å²) in [4.78, 5) is 14.3. The molecule has 2 aromatic rings. The summed E-state index contributed by atoms with van der Waals surface area (Å²) in [7, 11) is 0. The molecule has 5 nitrogen and oxygen atoms in total. The molecule has 0 radical (unpaired) electrons. The number of carbonyl (C=O) groups is 1. The maximum absolute atomic E-state index is 10.3. The lowest BCUT2D eigenvalue weighted by Crippen LogP contribution is -1.85. The van der Waals surface area contributed by atoms with Crippen LogP contribution in [0, 0.1) is 0 Å². The van der Waals surface area contributed by atoms with Crippen molar-refractivity contribution in [3.63, 3.8) is 0 Å². The van der Waals surface area contributed by atoms with Crippen molar-refractivity contribution in [3.8, 4) is 0 Å². The van der Waals surface area contributed by atoms with Gasteiger partial charge in [0.05, 0.1) is 0 Å². The summed E-state index contributed by atoms with van der Waals surface area (Å²) < 4.78 is 5.22. The van der Waals surface area contributed by atoms with Crippen molar-refractivity contribution in [3.05, 3.63) is 35.7 Å². The van der Waals surface area contributed by atoms with Gasteiger partial charge in [-0.3, -0.25) is 0 Å². The Kier molecular flexibility index (Phi) is 2.70. The minimum absolute atomic E-state index is 0.245. The van der Waals surface area contributed by atoms with E-state index in [1.807, 2.05) is 0 Å². The number of rotatable bonds is 3. The van der Waals surface area contributed by atoms with Gasteiger partial charge >= 0.3 is 5.97 Å². The number of fused-ring (bicyclic) bond motifs is 1. The molecular formula is C11H9NO4. The van der Waals surface area contributed by atoms with Crippen LogP contribution in [0.5, 0.6) is 0 Å². The molecule has 2 rings (SSSR count). The Morgan fingerprint density at radius 1 is 1.50 bits per heavy atom. The Morgan fingerprint density at radius 3 is 3.00 bits per heavy atom. The second kappa shape index (κ2) is 4.16. The number of aromatic nitrogens is 1. The second-order valence-corrected chi connectivity index (χ2v) is 3.16. The number of benzene rings is 1. The predicted octanol–water partition coefficient (Wildman–Crippen LogP) is 1.42. The first-order chi connectivity index (χ1) is 7.69. The van der Waals surface area contributed by atoms with Crippen LogP contribution in [0.15, 0.2) is 28.7 Å². The average molecular weight is 219 g/mol. The van der Waals surface area contributed by atoms with Crippen LogP contribution in [0.4, 0.5) is 0 Å². The highest BCUT2D eigenvalue weighted by atomic mass is 16.4. The number of hydrogen-bond donors (Lipinski definition) is 2. The highest BCUT2D eigenvalue weighted by Crippen LogP contribution is 2.18. The van der Waals surface area contributed by atoms with E-state index in [1.165, 1.54) is 6.08 Å². The molecule has 0 bridgehead atoms. The lowest BCUT2D eigenvalue weighted by Gasteiger charge is -1.91. The lowest BCUT2D eigenvalue weighted by molar-refractivity contribution is -0.131. The molecule has 0 aliphatic rings. The number of oxazole rings is 1. The minimum Gasteiger partial charge on any atom is -0.478 e. The Hall–Kier alpha value is -2.14. The number of nitrogens with zero attached hydrogens (tertiary/aromatic N) is 1. The molecule has 1 aromatic heterocycles. The zero-order valence-corrected chi connectivity index (χ0v) is 8.25. The summed E-state index contributed by atoms with van der Waals surface area (Å²) in [5.74, 6) is -0.761. The van der Waals surface area contributed by atoms with Gasteiger partial charge in [-0.2, -0.15) is 0 Å². The van der Waals surface area contributed by atoms with Gasteiger partial charge in [0.15, 0.2) is 5.58 Å². The standard InChI is InChI=1S/C11H9NO4/c13-6-10-12-8-3-1-7(2-4-11(14)15)5-9(8)16-10/h1-5,13H,6H2,(H,14,15)/b4-2+. The molecule has 5 heteroatoms. The third-order valence-corrected chi connectivity index (χ3v) is 2.01. The van der Waals surface area contributed by atoms with E-state index in [4.69, 9.17) is 14.6 Å². The van der Waals surface area contributed by atoms with Crippen molar-refractivity contribution in [1.29, 1.82) is 0 Å². The molecular weight excluding hydrogens is 210 g/mol. The van der Waals surface area contributed by atoms with Crippen LogP contribution in [0.3, 0.4) is 0 Å². The molecule has 16 heavy (non-hydrogen) atoms. The molecule has 1 heterocycles. The second-order valence-electron chi connectivity index (χ2n) is 3.16. The van der Waals surface area contributed by atoms with Gasteiger partial charge in [-0.05, 0) is 23.8 Å². The number of aliphatic carboxylic acids is 1. The van der Waals surface area contributed by atoms with Crippen LogP contribution in [-0.2, 0) is 11.4 Å². The van der Waals surface area contributed by atoms with Crippen LogP contribution in [0.1, 0.15) is 11.5 Å². The van der Waals surface area contributed by atoms with E-state index in [-0.39, 0.29) is 12.5 Å². The van der Waals surface area contributed by atoms with E-state index < -0.39 is 5.97 Å². The van der Waals surface area contributed by atoms with Crippen molar-refractivity contribution >= 4 is 23.1 Å². The summed E-state index contributed by atoms with van der Waals surface area (Å²) in [6, 6.07) is 5.10. The van der Waals surface area contributed by atoms with Gasteiger partial charge in [-0.15, -0.1) is 0 Å². The third kappa shape index (κ3) is 2.09. The number of aliphatic hydroxyl groups excluding tert-OH is 1. The van der Waals surface area contributed by atoms with E-state index in [2.05, 4.69) is 4.98 Å². The zero-order chi connectivity index (χ0) is 11.5. The monoisotopic (exact) mass is 219 g/mol. The van der Waals surface area contributed by atoms with Crippen LogP contribution in [-0.4, -0.2) is 21.2 Å². The van der Waals surface area contributed by atoms with Crippen LogP contribution >= 0.6 is 0 Å². The fraction of sp³-hybridized carbons (Fsp3) is 0.0909. The zero-order valence-electron chi connectivity index (χ0n) is 8.25. The number of aliphatic hydroxyl groups is 1. The molecule has 0 spiro atoms. The van der Waals surface area contributed by atoms with Crippen molar-refractivity contribution in [2.45, 2.75) is 6.61 Å². The topological polar surface area (TPSA) is 83.6 Å². The minimum atomic E-state index is -1.01. The van der Waals surface area contributed by atoms with Gasteiger partial charge in [-0.1, -0.05) is 6.07 Å². The van der Waals surface area contributed by atoms with Crippen LogP contribution in [0.2, 0.25) is 0 Å². The van der Waals surface area contributed by atoms with Crippen LogP contribution < -0.4 is 0 Å². The molecule has 1 aromatic carbocycles. The summed E-state index contributed by atoms with van der Waals surface area (Å²) >= 11 is 0. The Balaban J connectivity index is 2.39. The van der Waals surface area contributed by atoms with Gasteiger partial charge in [0, 0.05) is 6.08 Å². The molecule has 82 valence electrons. The Bertz CT molecular complexity index is 556. The smallest absolute Gasteiger partial charge is 0.328 e. The van der Waals surface area contributed by atoms with E-state index in [9.17, 15) is 4.79 Å². The summed E-state index contributed by atoms with van der Waals surface area (Å²) in [6.07, 6.45) is 2.51. The highest BCUT2D eigenvalue weighted by Gasteiger charge is 2.04. The van der Waals surface area contributed by atoms with Crippen molar-refractivity contribution < 1.29 is 19.4 Å². The van der Waals surface area contributed by atoms with Crippen molar-refractivity contribution in [2.75, 3.05) is 0 Å². The number of carboxylic acid groups (broad SMARTS) is 1. The van der Waals surface area contributed by atoms with Crippen molar-refractivity contribution in [2.24, 2.45) is 0 Å². The number of hydrogen-bond acceptors (Lipinski definition) is 4. The van der Waals surface area contributed by atoms with Crippen LogP contribution in [0.25, 0.3) is 17.2 Å². The molecule has 0 unspecified atom stereocenters. The quantitative estimate of drug-likeness (QED) is 0.762. The maximum atomic E-state index is 10.3. The molecule has 0 atom stereocenters. The molecule has 2 N–H and O–H groups in total. The number of carboxylic acids is 1. The SMILES string of the molecule is O=C(O)/C=C/c1ccc2nc(CO)oc2c1. The fourth-order valence-electron chi connectivity index (χ4n) is 1.33. The third-order valence-electron chi connectivity index (χ3n) is 2.01. The van der Waals surface area contributed by atoms with E-state index in [1.54, 1.807) is 18.2 Å². The molecule has 0 amide bonds. The van der Waals surface area contributed by atoms with E-state index in [0.29, 0.717) is 16.7 Å². The van der Waals surface area contributed by atoms with Gasteiger partial charge in [-0.25, -0.2) is 9.78 Å². The predicted molar refractivity (Wildman–Crippen MR) is 56.6 cm³/mol. The van der Waals surface area contributed by atoms with Gasteiger partial charge < -0.3 is 14.6 Å². The Morgan fingerprint density at radius 2 is 2.31 bits per heavy atom. The average Bonchev–Trinajstić information content (AvgIpc) is 2.68. The van der Waals surface area contributed by atoms with Crippen molar-refractivity contribution in [1.82, 2.24) is 4.98 Å². The molecule has 0 saturated heterocycles. The van der Waals surface area contributed by atoms with Gasteiger partial charge in [0.2, 0.25) is 5.89 Å². The first-order valence-corrected chi connectivity index (χ1v) is 4.60. The van der Waals surface area contributed by atoms with Gasteiger partial charge in [0.1, 0.15) is 12.1 Å². The molecule has 0 aliphatic heterocycles. The van der Waals surface area contributed by atoms with E-state index in [0.717, 1.165) is 6.08 Å². The largest absolute Gasteiger partial charge is 0.478 e. The highest BCUT2D eigenvalue weighted by molar-refractivity contribution is 5.86. The molecule has 0 fully saturated rings. The summed E-state index contributed by atoms with van der Waals surface area (Å²) in [5.41, 5.74) is 1.86. The summed E-state index contributed by atoms with van der Waals surface area (Å²) in [6.45, 7) is -0.255. The fourth-order valence-corrected chi connectivity index (χ4v) is 1.33. The Labute approximate surface area is 90.6 Å². The molecule has 0 saturated carbocycles. The first kappa shape index (κ1) is 10.4. The molecule has 0 aliphatic carbocycles. The lowest BCUT2D eigenvalue weighted by atomic mass is 10.2. The normalized spacial score (nSPS) is 11.3.